The maximum absolute atomic E-state index is 8.76. The lowest BCUT2D eigenvalue weighted by Gasteiger charge is -2.10. The van der Waals surface area contributed by atoms with Gasteiger partial charge in [0.15, 0.2) is 5.96 Å². The Labute approximate surface area is 128 Å². The molecule has 2 N–H and O–H groups in total. The molecule has 0 aliphatic heterocycles. The highest BCUT2D eigenvalue weighted by Crippen LogP contribution is 2.10. The van der Waals surface area contributed by atoms with Gasteiger partial charge in [-0.05, 0) is 24.6 Å². The molecule has 0 atom stereocenters. The summed E-state index contributed by atoms with van der Waals surface area (Å²) in [6.07, 6.45) is 1.87. The average Bonchev–Trinajstić information content (AvgIpc) is 2.93. The van der Waals surface area contributed by atoms with Crippen LogP contribution < -0.4 is 10.6 Å². The van der Waals surface area contributed by atoms with Gasteiger partial charge in [0.2, 0.25) is 0 Å². The van der Waals surface area contributed by atoms with Gasteiger partial charge in [-0.2, -0.15) is 5.26 Å². The lowest BCUT2D eigenvalue weighted by Crippen LogP contribution is -2.36. The maximum Gasteiger partial charge on any atom is 0.191 e. The number of nitriles is 1. The van der Waals surface area contributed by atoms with Gasteiger partial charge in [-0.1, -0.05) is 12.1 Å². The minimum absolute atomic E-state index is 0.655. The smallest absolute Gasteiger partial charge is 0.191 e. The Morgan fingerprint density at radius 1 is 1.29 bits per heavy atom. The molecule has 0 radical (unpaired) electrons. The molecule has 1 heterocycles. The molecule has 1 aromatic heterocycles. The largest absolute Gasteiger partial charge is 0.352 e. The number of hydrogen-bond donors (Lipinski definition) is 2. The number of nitrogens with one attached hydrogen (secondary N) is 2. The minimum Gasteiger partial charge on any atom is -0.352 e. The van der Waals surface area contributed by atoms with Crippen LogP contribution in [0.2, 0.25) is 0 Å². The highest BCUT2D eigenvalue weighted by atomic mass is 32.1. The van der Waals surface area contributed by atoms with E-state index in [0.717, 1.165) is 16.5 Å². The number of nitrogens with zero attached hydrogens (tertiary/aromatic N) is 3. The van der Waals surface area contributed by atoms with E-state index in [0.29, 0.717) is 18.7 Å². The average molecular weight is 299 g/mol. The summed E-state index contributed by atoms with van der Waals surface area (Å²) in [5.41, 5.74) is 1.77. The lowest BCUT2D eigenvalue weighted by atomic mass is 10.1. The monoisotopic (exact) mass is 299 g/mol. The summed E-state index contributed by atoms with van der Waals surface area (Å²) in [6.45, 7) is 3.35. The molecule has 0 unspecified atom stereocenters. The summed E-state index contributed by atoms with van der Waals surface area (Å²) < 4.78 is 0. The predicted octanol–water partition coefficient (Wildman–Crippen LogP) is 2.19. The van der Waals surface area contributed by atoms with Gasteiger partial charge in [0.1, 0.15) is 5.01 Å². The van der Waals surface area contributed by atoms with Gasteiger partial charge in [0.05, 0.1) is 18.2 Å². The van der Waals surface area contributed by atoms with Gasteiger partial charge >= 0.3 is 0 Å². The van der Waals surface area contributed by atoms with E-state index in [4.69, 9.17) is 5.26 Å². The zero-order chi connectivity index (χ0) is 15.1. The normalized spacial score (nSPS) is 11.0. The molecule has 0 amide bonds. The van der Waals surface area contributed by atoms with Crippen LogP contribution in [0.1, 0.15) is 21.0 Å². The molecule has 0 aliphatic carbocycles. The van der Waals surface area contributed by atoms with Crippen LogP contribution in [-0.2, 0) is 13.1 Å². The molecule has 0 spiro atoms. The molecule has 0 bridgehead atoms. The topological polar surface area (TPSA) is 73.1 Å². The predicted molar refractivity (Wildman–Crippen MR) is 85.0 cm³/mol. The zero-order valence-corrected chi connectivity index (χ0v) is 12.9. The molecule has 2 aromatic rings. The highest BCUT2D eigenvalue weighted by molar-refractivity contribution is 7.11. The summed E-state index contributed by atoms with van der Waals surface area (Å²) in [5.74, 6) is 0.729. The Bertz CT molecular complexity index is 651. The first-order valence-corrected chi connectivity index (χ1v) is 7.38. The number of aryl methyl sites for hydroxylation is 1. The quantitative estimate of drug-likeness (QED) is 0.670. The van der Waals surface area contributed by atoms with Crippen molar-refractivity contribution in [2.24, 2.45) is 4.99 Å². The molecule has 1 aromatic carbocycles. The number of thiazole rings is 1. The van der Waals surface area contributed by atoms with E-state index >= 15 is 0 Å². The standard InChI is InChI=1S/C15H17N5S/c1-11-8-18-14(21-11)10-20-15(17-2)19-9-13-5-3-12(7-16)4-6-13/h3-6,8H,9-10H2,1-2H3,(H2,17,19,20). The van der Waals surface area contributed by atoms with E-state index in [2.05, 4.69) is 26.7 Å². The fraction of sp³-hybridized carbons (Fsp3) is 0.267. The van der Waals surface area contributed by atoms with Gasteiger partial charge in [-0.3, -0.25) is 4.99 Å². The summed E-state index contributed by atoms with van der Waals surface area (Å²) in [5, 5.41) is 16.3. The van der Waals surface area contributed by atoms with Crippen molar-refractivity contribution in [1.82, 2.24) is 15.6 Å². The fourth-order valence-electron chi connectivity index (χ4n) is 1.75. The summed E-state index contributed by atoms with van der Waals surface area (Å²) >= 11 is 1.67. The number of guanidine groups is 1. The van der Waals surface area contributed by atoms with Crippen LogP contribution >= 0.6 is 11.3 Å². The Morgan fingerprint density at radius 3 is 2.57 bits per heavy atom. The van der Waals surface area contributed by atoms with E-state index < -0.39 is 0 Å². The van der Waals surface area contributed by atoms with Crippen LogP contribution in [0.5, 0.6) is 0 Å². The number of benzene rings is 1. The second kappa shape index (κ2) is 7.41. The van der Waals surface area contributed by atoms with Crippen molar-refractivity contribution in [3.05, 3.63) is 51.5 Å². The van der Waals surface area contributed by atoms with Crippen LogP contribution in [0.15, 0.2) is 35.5 Å². The van der Waals surface area contributed by atoms with Gasteiger partial charge in [0.25, 0.3) is 0 Å². The minimum atomic E-state index is 0.655. The van der Waals surface area contributed by atoms with E-state index in [1.807, 2.05) is 37.4 Å². The summed E-state index contributed by atoms with van der Waals surface area (Å²) in [7, 11) is 1.74. The number of rotatable bonds is 4. The fourth-order valence-corrected chi connectivity index (χ4v) is 2.47. The first-order chi connectivity index (χ1) is 10.2. The van der Waals surface area contributed by atoms with Crippen LogP contribution in [0, 0.1) is 18.3 Å². The summed E-state index contributed by atoms with van der Waals surface area (Å²) in [6, 6.07) is 9.60. The zero-order valence-electron chi connectivity index (χ0n) is 12.1. The van der Waals surface area contributed by atoms with Crippen molar-refractivity contribution in [3.8, 4) is 6.07 Å². The first kappa shape index (κ1) is 15.0. The van der Waals surface area contributed by atoms with Crippen LogP contribution in [-0.4, -0.2) is 18.0 Å². The van der Waals surface area contributed by atoms with Gasteiger partial charge in [-0.25, -0.2) is 4.98 Å². The molecule has 5 nitrogen and oxygen atoms in total. The number of aromatic nitrogens is 1. The maximum atomic E-state index is 8.76. The second-order valence-electron chi connectivity index (χ2n) is 4.45. The van der Waals surface area contributed by atoms with E-state index in [-0.39, 0.29) is 0 Å². The van der Waals surface area contributed by atoms with Gasteiger partial charge < -0.3 is 10.6 Å². The second-order valence-corrected chi connectivity index (χ2v) is 5.77. The number of aliphatic imine (C=N–C) groups is 1. The van der Waals surface area contributed by atoms with Crippen molar-refractivity contribution < 1.29 is 0 Å². The molecular weight excluding hydrogens is 282 g/mol. The van der Waals surface area contributed by atoms with E-state index in [1.54, 1.807) is 18.4 Å². The van der Waals surface area contributed by atoms with Crippen molar-refractivity contribution in [2.75, 3.05) is 7.05 Å². The van der Waals surface area contributed by atoms with Gasteiger partial charge in [-0.15, -0.1) is 11.3 Å². The van der Waals surface area contributed by atoms with Crippen LogP contribution in [0.4, 0.5) is 0 Å². The lowest BCUT2D eigenvalue weighted by molar-refractivity contribution is 0.805. The SMILES string of the molecule is CN=C(NCc1ccc(C#N)cc1)NCc1ncc(C)s1. The molecule has 21 heavy (non-hydrogen) atoms. The van der Waals surface area contributed by atoms with E-state index in [1.165, 1.54) is 4.88 Å². The van der Waals surface area contributed by atoms with E-state index in [9.17, 15) is 0 Å². The molecule has 6 heteroatoms. The van der Waals surface area contributed by atoms with Crippen molar-refractivity contribution in [3.63, 3.8) is 0 Å². The van der Waals surface area contributed by atoms with Crippen molar-refractivity contribution >= 4 is 17.3 Å². The van der Waals surface area contributed by atoms with Crippen molar-refractivity contribution in [1.29, 1.82) is 5.26 Å². The number of hydrogen-bond acceptors (Lipinski definition) is 4. The molecular formula is C15H17N5S. The molecule has 108 valence electrons. The third-order valence-electron chi connectivity index (χ3n) is 2.84. The first-order valence-electron chi connectivity index (χ1n) is 6.56. The molecule has 0 aliphatic rings. The molecule has 0 saturated heterocycles. The Balaban J connectivity index is 1.83. The molecule has 0 saturated carbocycles. The summed E-state index contributed by atoms with van der Waals surface area (Å²) in [4.78, 5) is 9.68. The molecule has 0 fully saturated rings. The Morgan fingerprint density at radius 2 is 2.00 bits per heavy atom. The third-order valence-corrected chi connectivity index (χ3v) is 3.76. The molecule has 2 rings (SSSR count). The third kappa shape index (κ3) is 4.58. The van der Waals surface area contributed by atoms with Crippen LogP contribution in [0.25, 0.3) is 0 Å². The van der Waals surface area contributed by atoms with Crippen LogP contribution in [0.3, 0.4) is 0 Å². The van der Waals surface area contributed by atoms with Gasteiger partial charge in [0, 0.05) is 24.7 Å². The highest BCUT2D eigenvalue weighted by Gasteiger charge is 2.02. The Hall–Kier alpha value is -2.39. The van der Waals surface area contributed by atoms with Crippen molar-refractivity contribution in [2.45, 2.75) is 20.0 Å². The Kier molecular flexibility index (Phi) is 5.29.